The number of methoxy groups -OCH3 is 2. The van der Waals surface area contributed by atoms with Crippen molar-refractivity contribution in [3.05, 3.63) is 72.5 Å². The molecular formula is C28H29N7O5. The number of carbonyl (C=O) groups excluding carboxylic acids is 1. The summed E-state index contributed by atoms with van der Waals surface area (Å²) < 4.78 is 22.3. The fourth-order valence-corrected chi connectivity index (χ4v) is 3.68. The predicted molar refractivity (Wildman–Crippen MR) is 152 cm³/mol. The first-order valence-corrected chi connectivity index (χ1v) is 12.2. The molecule has 0 aliphatic carbocycles. The van der Waals surface area contributed by atoms with Crippen molar-refractivity contribution < 1.29 is 23.7 Å². The molecule has 3 heterocycles. The SMILES string of the molecule is CCO/C(=C/Nc1cnc(N)cc1C)C(=N)C(=O)Nc1ccc(Oc2ccnc3cc(OC)c(OC)cc23)cn1. The average Bonchev–Trinajstić information content (AvgIpc) is 2.96. The molecule has 206 valence electrons. The Morgan fingerprint density at radius 3 is 2.48 bits per heavy atom. The van der Waals surface area contributed by atoms with Crippen molar-refractivity contribution in [2.24, 2.45) is 0 Å². The van der Waals surface area contributed by atoms with E-state index in [4.69, 9.17) is 30.1 Å². The van der Waals surface area contributed by atoms with E-state index in [-0.39, 0.29) is 23.9 Å². The van der Waals surface area contributed by atoms with Crippen LogP contribution in [-0.2, 0) is 9.53 Å². The minimum absolute atomic E-state index is 0.0489. The van der Waals surface area contributed by atoms with Crippen LogP contribution in [0.2, 0.25) is 0 Å². The second-order valence-corrected chi connectivity index (χ2v) is 8.35. The lowest BCUT2D eigenvalue weighted by molar-refractivity contribution is -0.110. The highest BCUT2D eigenvalue weighted by atomic mass is 16.5. The van der Waals surface area contributed by atoms with Gasteiger partial charge in [-0.1, -0.05) is 0 Å². The zero-order valence-corrected chi connectivity index (χ0v) is 22.4. The first-order valence-electron chi connectivity index (χ1n) is 12.2. The summed E-state index contributed by atoms with van der Waals surface area (Å²) in [4.78, 5) is 25.4. The van der Waals surface area contributed by atoms with Crippen LogP contribution in [0.25, 0.3) is 10.9 Å². The monoisotopic (exact) mass is 543 g/mol. The van der Waals surface area contributed by atoms with Crippen LogP contribution in [0, 0.1) is 12.3 Å². The van der Waals surface area contributed by atoms with Crippen LogP contribution in [0.3, 0.4) is 0 Å². The number of ether oxygens (including phenoxy) is 4. The smallest absolute Gasteiger partial charge is 0.278 e. The minimum Gasteiger partial charge on any atom is -0.493 e. The molecular weight excluding hydrogens is 514 g/mol. The lowest BCUT2D eigenvalue weighted by Gasteiger charge is -2.13. The number of pyridine rings is 3. The highest BCUT2D eigenvalue weighted by molar-refractivity contribution is 6.47. The van der Waals surface area contributed by atoms with Gasteiger partial charge in [-0.05, 0) is 49.7 Å². The quantitative estimate of drug-likeness (QED) is 0.154. The molecule has 0 unspecified atom stereocenters. The van der Waals surface area contributed by atoms with Crippen LogP contribution >= 0.6 is 0 Å². The molecule has 40 heavy (non-hydrogen) atoms. The van der Waals surface area contributed by atoms with Crippen molar-refractivity contribution in [3.63, 3.8) is 0 Å². The van der Waals surface area contributed by atoms with Gasteiger partial charge in [-0.25, -0.2) is 9.97 Å². The number of fused-ring (bicyclic) bond motifs is 1. The summed E-state index contributed by atoms with van der Waals surface area (Å²) in [7, 11) is 3.11. The zero-order chi connectivity index (χ0) is 28.6. The second kappa shape index (κ2) is 12.4. The molecule has 1 aromatic carbocycles. The van der Waals surface area contributed by atoms with Gasteiger partial charge in [0.25, 0.3) is 5.91 Å². The molecule has 0 fully saturated rings. The number of aryl methyl sites for hydroxylation is 1. The maximum Gasteiger partial charge on any atom is 0.278 e. The molecule has 0 saturated carbocycles. The van der Waals surface area contributed by atoms with Crippen LogP contribution in [-0.4, -0.2) is 47.4 Å². The molecule has 0 bridgehead atoms. The Bertz CT molecular complexity index is 1570. The van der Waals surface area contributed by atoms with Gasteiger partial charge in [0.2, 0.25) is 0 Å². The average molecular weight is 544 g/mol. The lowest BCUT2D eigenvalue weighted by Crippen LogP contribution is -2.25. The van der Waals surface area contributed by atoms with Crippen molar-refractivity contribution >= 4 is 39.8 Å². The molecule has 0 spiro atoms. The maximum atomic E-state index is 12.8. The topological polar surface area (TPSA) is 167 Å². The van der Waals surface area contributed by atoms with Gasteiger partial charge in [-0.3, -0.25) is 15.2 Å². The van der Waals surface area contributed by atoms with Gasteiger partial charge in [0.15, 0.2) is 23.0 Å². The van der Waals surface area contributed by atoms with Crippen LogP contribution in [0.4, 0.5) is 17.3 Å². The lowest BCUT2D eigenvalue weighted by atomic mass is 10.2. The van der Waals surface area contributed by atoms with E-state index in [1.165, 1.54) is 12.4 Å². The molecule has 12 nitrogen and oxygen atoms in total. The largest absolute Gasteiger partial charge is 0.493 e. The standard InChI is InChI=1S/C28H29N7O5/c1-5-39-24(15-32-20-14-33-25(29)10-16(20)2)27(30)28(36)35-26-7-6-17(13-34-26)40-21-8-9-31-19-12-23(38-4)22(37-3)11-18(19)21/h6-15,30,32H,5H2,1-4H3,(H2,29,33)(H,34,35,36)/b24-15+,30-27?. The van der Waals surface area contributed by atoms with Crippen LogP contribution in [0.15, 0.2) is 66.9 Å². The van der Waals surface area contributed by atoms with E-state index in [2.05, 4.69) is 25.6 Å². The summed E-state index contributed by atoms with van der Waals surface area (Å²) in [5.74, 6) is 2.05. The van der Waals surface area contributed by atoms with Gasteiger partial charge in [0, 0.05) is 23.8 Å². The van der Waals surface area contributed by atoms with Crippen molar-refractivity contribution in [2.45, 2.75) is 13.8 Å². The summed E-state index contributed by atoms with van der Waals surface area (Å²) in [6, 6.07) is 10.2. The van der Waals surface area contributed by atoms with Gasteiger partial charge in [-0.15, -0.1) is 0 Å². The third-order valence-electron chi connectivity index (χ3n) is 5.68. The van der Waals surface area contributed by atoms with E-state index in [1.807, 2.05) is 6.92 Å². The first-order chi connectivity index (χ1) is 19.3. The number of amides is 1. The van der Waals surface area contributed by atoms with E-state index in [0.29, 0.717) is 40.0 Å². The summed E-state index contributed by atoms with van der Waals surface area (Å²) in [5.41, 5.74) is 7.49. The van der Waals surface area contributed by atoms with E-state index in [0.717, 1.165) is 10.9 Å². The number of benzene rings is 1. The fraction of sp³-hybridized carbons (Fsp3) is 0.179. The van der Waals surface area contributed by atoms with Crippen molar-refractivity contribution in [1.82, 2.24) is 15.0 Å². The van der Waals surface area contributed by atoms with E-state index in [1.54, 1.807) is 69.9 Å². The molecule has 4 aromatic rings. The number of hydrogen-bond acceptors (Lipinski definition) is 11. The molecule has 3 aromatic heterocycles. The Kier molecular flexibility index (Phi) is 8.59. The zero-order valence-electron chi connectivity index (χ0n) is 22.4. The number of aromatic nitrogens is 3. The van der Waals surface area contributed by atoms with Crippen LogP contribution < -0.4 is 30.6 Å². The second-order valence-electron chi connectivity index (χ2n) is 8.35. The normalized spacial score (nSPS) is 11.1. The number of nitrogens with one attached hydrogen (secondary N) is 3. The summed E-state index contributed by atoms with van der Waals surface area (Å²) in [6.45, 7) is 3.87. The third kappa shape index (κ3) is 6.35. The van der Waals surface area contributed by atoms with E-state index >= 15 is 0 Å². The van der Waals surface area contributed by atoms with Crippen LogP contribution in [0.5, 0.6) is 23.0 Å². The van der Waals surface area contributed by atoms with Gasteiger partial charge in [-0.2, -0.15) is 0 Å². The number of hydrogen-bond donors (Lipinski definition) is 4. The molecule has 5 N–H and O–H groups in total. The molecule has 0 aliphatic heterocycles. The Labute approximate surface area is 230 Å². The molecule has 4 rings (SSSR count). The number of nitrogen functional groups attached to an aromatic ring is 1. The van der Waals surface area contributed by atoms with Gasteiger partial charge in [0.1, 0.15) is 23.1 Å². The number of nitrogens with two attached hydrogens (primary N) is 1. The molecule has 1 amide bonds. The Hall–Kier alpha value is -5.39. The Morgan fingerprint density at radius 1 is 1.02 bits per heavy atom. The minimum atomic E-state index is -0.698. The molecule has 0 atom stereocenters. The first kappa shape index (κ1) is 27.6. The number of nitrogens with zero attached hydrogens (tertiary/aromatic N) is 3. The van der Waals surface area contributed by atoms with Crippen molar-refractivity contribution in [3.8, 4) is 23.0 Å². The number of anilines is 3. The molecule has 0 radical (unpaired) electrons. The molecule has 12 heteroatoms. The van der Waals surface area contributed by atoms with Crippen LogP contribution in [0.1, 0.15) is 12.5 Å². The Balaban J connectivity index is 1.45. The summed E-state index contributed by atoms with van der Waals surface area (Å²) in [6.07, 6.45) is 6.08. The maximum absolute atomic E-state index is 12.8. The number of carbonyl (C=O) groups is 1. The fourth-order valence-electron chi connectivity index (χ4n) is 3.68. The molecule has 0 saturated heterocycles. The van der Waals surface area contributed by atoms with Crippen molar-refractivity contribution in [1.29, 1.82) is 5.41 Å². The third-order valence-corrected chi connectivity index (χ3v) is 5.68. The Morgan fingerprint density at radius 2 is 1.80 bits per heavy atom. The summed E-state index contributed by atoms with van der Waals surface area (Å²) >= 11 is 0. The highest BCUT2D eigenvalue weighted by Gasteiger charge is 2.18. The molecule has 0 aliphatic rings. The van der Waals surface area contributed by atoms with E-state index < -0.39 is 5.91 Å². The summed E-state index contributed by atoms with van der Waals surface area (Å²) in [5, 5.41) is 14.7. The number of rotatable bonds is 11. The van der Waals surface area contributed by atoms with Gasteiger partial charge >= 0.3 is 0 Å². The van der Waals surface area contributed by atoms with Gasteiger partial charge in [0.05, 0.1) is 44.4 Å². The highest BCUT2D eigenvalue weighted by Crippen LogP contribution is 2.36. The van der Waals surface area contributed by atoms with Gasteiger partial charge < -0.3 is 35.3 Å². The predicted octanol–water partition coefficient (Wildman–Crippen LogP) is 4.67. The van der Waals surface area contributed by atoms with Crippen molar-refractivity contribution in [2.75, 3.05) is 37.2 Å². The van der Waals surface area contributed by atoms with E-state index in [9.17, 15) is 4.79 Å².